The second kappa shape index (κ2) is 5.48. The third-order valence-electron chi connectivity index (χ3n) is 2.75. The average molecular weight is 312 g/mol. The van der Waals surface area contributed by atoms with Gasteiger partial charge in [-0.05, 0) is 31.2 Å². The molecule has 0 saturated heterocycles. The van der Waals surface area contributed by atoms with E-state index >= 15 is 0 Å². The quantitative estimate of drug-likeness (QED) is 0.870. The first-order valence-corrected chi connectivity index (χ1v) is 6.30. The van der Waals surface area contributed by atoms with Crippen LogP contribution in [0.1, 0.15) is 11.1 Å². The van der Waals surface area contributed by atoms with Crippen LogP contribution in [0.4, 0.5) is 14.5 Å². The minimum atomic E-state index is -0.286. The van der Waals surface area contributed by atoms with Crippen LogP contribution in [0.2, 0.25) is 0 Å². The summed E-state index contributed by atoms with van der Waals surface area (Å²) in [6, 6.07) is 9.69. The SMILES string of the molecule is Cc1c(F)cccc1NCc1ccc(Br)cc1F. The fraction of sp³-hybridized carbons (Fsp3) is 0.143. The van der Waals surface area contributed by atoms with Crippen LogP contribution in [0.5, 0.6) is 0 Å². The summed E-state index contributed by atoms with van der Waals surface area (Å²) in [4.78, 5) is 0. The van der Waals surface area contributed by atoms with Crippen LogP contribution in [0, 0.1) is 18.6 Å². The van der Waals surface area contributed by atoms with E-state index in [1.54, 1.807) is 31.2 Å². The molecule has 0 bridgehead atoms. The third-order valence-corrected chi connectivity index (χ3v) is 3.25. The first-order chi connectivity index (χ1) is 8.58. The molecule has 94 valence electrons. The van der Waals surface area contributed by atoms with Gasteiger partial charge >= 0.3 is 0 Å². The highest BCUT2D eigenvalue weighted by Gasteiger charge is 2.05. The first-order valence-electron chi connectivity index (χ1n) is 5.51. The van der Waals surface area contributed by atoms with Gasteiger partial charge in [-0.15, -0.1) is 0 Å². The summed E-state index contributed by atoms with van der Waals surface area (Å²) < 4.78 is 27.6. The fourth-order valence-electron chi connectivity index (χ4n) is 1.65. The molecular weight excluding hydrogens is 300 g/mol. The molecular formula is C14H12BrF2N. The zero-order valence-electron chi connectivity index (χ0n) is 9.81. The molecule has 0 spiro atoms. The monoisotopic (exact) mass is 311 g/mol. The van der Waals surface area contributed by atoms with Crippen LogP contribution in [-0.4, -0.2) is 0 Å². The first kappa shape index (κ1) is 13.0. The minimum absolute atomic E-state index is 0.267. The topological polar surface area (TPSA) is 12.0 Å². The summed E-state index contributed by atoms with van der Waals surface area (Å²) in [7, 11) is 0. The van der Waals surface area contributed by atoms with E-state index in [0.717, 1.165) is 0 Å². The summed E-state index contributed by atoms with van der Waals surface area (Å²) in [5.74, 6) is -0.554. The van der Waals surface area contributed by atoms with Crippen molar-refractivity contribution in [2.24, 2.45) is 0 Å². The second-order valence-corrected chi connectivity index (χ2v) is 4.92. The Balaban J connectivity index is 2.14. The molecule has 2 rings (SSSR count). The maximum absolute atomic E-state index is 13.6. The summed E-state index contributed by atoms with van der Waals surface area (Å²) >= 11 is 3.20. The highest BCUT2D eigenvalue weighted by molar-refractivity contribution is 9.10. The van der Waals surface area contributed by atoms with Crippen LogP contribution < -0.4 is 5.32 Å². The maximum Gasteiger partial charge on any atom is 0.129 e. The van der Waals surface area contributed by atoms with E-state index in [4.69, 9.17) is 0 Å². The molecule has 1 N–H and O–H groups in total. The largest absolute Gasteiger partial charge is 0.381 e. The van der Waals surface area contributed by atoms with Gasteiger partial charge in [0.25, 0.3) is 0 Å². The smallest absolute Gasteiger partial charge is 0.129 e. The molecule has 0 fully saturated rings. The lowest BCUT2D eigenvalue weighted by Gasteiger charge is -2.10. The lowest BCUT2D eigenvalue weighted by Crippen LogP contribution is -2.03. The van der Waals surface area contributed by atoms with Crippen LogP contribution in [0.15, 0.2) is 40.9 Å². The van der Waals surface area contributed by atoms with Crippen molar-refractivity contribution in [1.29, 1.82) is 0 Å². The Kier molecular flexibility index (Phi) is 3.97. The Bertz CT molecular complexity index is 570. The van der Waals surface area contributed by atoms with Crippen molar-refractivity contribution in [2.45, 2.75) is 13.5 Å². The highest BCUT2D eigenvalue weighted by atomic mass is 79.9. The van der Waals surface area contributed by atoms with Crippen LogP contribution in [-0.2, 0) is 6.54 Å². The predicted molar refractivity (Wildman–Crippen MR) is 72.6 cm³/mol. The van der Waals surface area contributed by atoms with Crippen molar-refractivity contribution >= 4 is 21.6 Å². The van der Waals surface area contributed by atoms with Gasteiger partial charge in [-0.25, -0.2) is 8.78 Å². The molecule has 2 aromatic carbocycles. The van der Waals surface area contributed by atoms with E-state index in [2.05, 4.69) is 21.2 Å². The van der Waals surface area contributed by atoms with E-state index in [1.807, 2.05) is 0 Å². The van der Waals surface area contributed by atoms with E-state index in [1.165, 1.54) is 12.1 Å². The Morgan fingerprint density at radius 1 is 1.11 bits per heavy atom. The van der Waals surface area contributed by atoms with Crippen molar-refractivity contribution in [2.75, 3.05) is 5.32 Å². The van der Waals surface area contributed by atoms with E-state index in [9.17, 15) is 8.78 Å². The Labute approximate surface area is 113 Å². The van der Waals surface area contributed by atoms with Crippen LogP contribution in [0.3, 0.4) is 0 Å². The Morgan fingerprint density at radius 2 is 1.89 bits per heavy atom. The normalized spacial score (nSPS) is 10.4. The van der Waals surface area contributed by atoms with Crippen molar-refractivity contribution in [3.8, 4) is 0 Å². The van der Waals surface area contributed by atoms with Crippen LogP contribution >= 0.6 is 15.9 Å². The number of hydrogen-bond acceptors (Lipinski definition) is 1. The van der Waals surface area contributed by atoms with Crippen molar-refractivity contribution in [1.82, 2.24) is 0 Å². The molecule has 0 radical (unpaired) electrons. The van der Waals surface area contributed by atoms with Gasteiger partial charge in [-0.2, -0.15) is 0 Å². The van der Waals surface area contributed by atoms with Crippen molar-refractivity contribution in [3.63, 3.8) is 0 Å². The molecule has 0 unspecified atom stereocenters. The number of halogens is 3. The van der Waals surface area contributed by atoms with Crippen molar-refractivity contribution in [3.05, 3.63) is 63.6 Å². The third kappa shape index (κ3) is 2.88. The second-order valence-electron chi connectivity index (χ2n) is 4.00. The van der Waals surface area contributed by atoms with Gasteiger partial charge in [-0.1, -0.05) is 28.1 Å². The number of hydrogen-bond donors (Lipinski definition) is 1. The minimum Gasteiger partial charge on any atom is -0.381 e. The predicted octanol–water partition coefficient (Wildman–Crippen LogP) is 4.65. The molecule has 0 aliphatic heterocycles. The fourth-order valence-corrected chi connectivity index (χ4v) is 1.99. The number of anilines is 1. The van der Waals surface area contributed by atoms with Gasteiger partial charge in [0.2, 0.25) is 0 Å². The molecule has 0 aliphatic carbocycles. The number of rotatable bonds is 3. The van der Waals surface area contributed by atoms with Gasteiger partial charge in [0, 0.05) is 27.8 Å². The molecule has 0 aliphatic rings. The number of benzene rings is 2. The highest BCUT2D eigenvalue weighted by Crippen LogP contribution is 2.20. The standard InChI is InChI=1S/C14H12BrF2N/c1-9-12(16)3-2-4-14(9)18-8-10-5-6-11(15)7-13(10)17/h2-7,18H,8H2,1H3. The molecule has 0 saturated carbocycles. The number of nitrogens with one attached hydrogen (secondary N) is 1. The molecule has 18 heavy (non-hydrogen) atoms. The molecule has 4 heteroatoms. The van der Waals surface area contributed by atoms with Gasteiger partial charge in [0.05, 0.1) is 0 Å². The average Bonchev–Trinajstić information content (AvgIpc) is 2.33. The summed E-state index contributed by atoms with van der Waals surface area (Å²) in [6.45, 7) is 2.01. The van der Waals surface area contributed by atoms with Gasteiger partial charge in [0.15, 0.2) is 0 Å². The Hall–Kier alpha value is -1.42. The molecule has 0 aromatic heterocycles. The maximum atomic E-state index is 13.6. The van der Waals surface area contributed by atoms with Crippen molar-refractivity contribution < 1.29 is 8.78 Å². The summed E-state index contributed by atoms with van der Waals surface area (Å²) in [5, 5.41) is 3.04. The lowest BCUT2D eigenvalue weighted by atomic mass is 10.1. The van der Waals surface area contributed by atoms with E-state index in [-0.39, 0.29) is 11.6 Å². The van der Waals surface area contributed by atoms with E-state index in [0.29, 0.717) is 27.8 Å². The summed E-state index contributed by atoms with van der Waals surface area (Å²) in [5.41, 5.74) is 1.76. The molecule has 2 aromatic rings. The molecule has 1 nitrogen and oxygen atoms in total. The lowest BCUT2D eigenvalue weighted by molar-refractivity contribution is 0.611. The molecule has 0 amide bonds. The van der Waals surface area contributed by atoms with Crippen LogP contribution in [0.25, 0.3) is 0 Å². The Morgan fingerprint density at radius 3 is 2.61 bits per heavy atom. The summed E-state index contributed by atoms with van der Waals surface area (Å²) in [6.07, 6.45) is 0. The zero-order valence-corrected chi connectivity index (χ0v) is 11.4. The van der Waals surface area contributed by atoms with Gasteiger partial charge in [-0.3, -0.25) is 0 Å². The molecule has 0 heterocycles. The molecule has 0 atom stereocenters. The van der Waals surface area contributed by atoms with E-state index < -0.39 is 0 Å². The van der Waals surface area contributed by atoms with Gasteiger partial charge < -0.3 is 5.32 Å². The van der Waals surface area contributed by atoms with Gasteiger partial charge in [0.1, 0.15) is 11.6 Å². The zero-order chi connectivity index (χ0) is 13.1.